The summed E-state index contributed by atoms with van der Waals surface area (Å²) >= 11 is 11.3. The van der Waals surface area contributed by atoms with Crippen LogP contribution in [0.25, 0.3) is 0 Å². The number of amides is 1. The van der Waals surface area contributed by atoms with Gasteiger partial charge in [0.15, 0.2) is 6.10 Å². The molecule has 21 heavy (non-hydrogen) atoms. The van der Waals surface area contributed by atoms with Crippen LogP contribution in [0.5, 0.6) is 5.75 Å². The van der Waals surface area contributed by atoms with Crippen LogP contribution in [0.2, 0.25) is 10.0 Å². The Balaban J connectivity index is 1.98. The predicted octanol–water partition coefficient (Wildman–Crippen LogP) is 3.93. The van der Waals surface area contributed by atoms with Crippen molar-refractivity contribution in [3.63, 3.8) is 0 Å². The number of hydrogen-bond donors (Lipinski definition) is 1. The number of carbonyl (C=O) groups excluding carboxylic acids is 1. The minimum absolute atomic E-state index is 0.0699. The van der Waals surface area contributed by atoms with Crippen LogP contribution >= 0.6 is 23.2 Å². The fourth-order valence-corrected chi connectivity index (χ4v) is 1.77. The molecule has 1 amide bonds. The molecule has 4 nitrogen and oxygen atoms in total. The second-order valence-corrected chi connectivity index (χ2v) is 5.03. The third-order valence-corrected chi connectivity index (χ3v) is 3.07. The van der Waals surface area contributed by atoms with Crippen LogP contribution in [0.4, 0.5) is 10.2 Å². The summed E-state index contributed by atoms with van der Waals surface area (Å²) < 4.78 is 18.4. The Morgan fingerprint density at radius 1 is 1.33 bits per heavy atom. The summed E-state index contributed by atoms with van der Waals surface area (Å²) in [5.74, 6) is -0.290. The highest BCUT2D eigenvalue weighted by atomic mass is 35.5. The van der Waals surface area contributed by atoms with Crippen molar-refractivity contribution in [2.75, 3.05) is 5.32 Å². The molecule has 0 aliphatic rings. The fraction of sp³-hybridized carbons (Fsp3) is 0.143. The normalized spacial score (nSPS) is 11.8. The van der Waals surface area contributed by atoms with Crippen LogP contribution in [0.15, 0.2) is 36.5 Å². The zero-order valence-corrected chi connectivity index (χ0v) is 12.5. The number of nitrogens with zero attached hydrogens (tertiary/aromatic N) is 1. The van der Waals surface area contributed by atoms with Crippen LogP contribution < -0.4 is 10.1 Å². The van der Waals surface area contributed by atoms with Gasteiger partial charge in [0.2, 0.25) is 0 Å². The molecule has 1 N–H and O–H groups in total. The molecule has 1 aromatic heterocycles. The van der Waals surface area contributed by atoms with Crippen LogP contribution in [0.3, 0.4) is 0 Å². The van der Waals surface area contributed by atoms with Gasteiger partial charge in [0.1, 0.15) is 17.4 Å². The zero-order chi connectivity index (χ0) is 15.4. The Bertz CT molecular complexity index is 650. The summed E-state index contributed by atoms with van der Waals surface area (Å²) in [7, 11) is 0. The number of ether oxygens (including phenoxy) is 1. The summed E-state index contributed by atoms with van der Waals surface area (Å²) in [5, 5.41) is 2.98. The highest BCUT2D eigenvalue weighted by Crippen LogP contribution is 2.22. The summed E-state index contributed by atoms with van der Waals surface area (Å²) in [4.78, 5) is 15.9. The van der Waals surface area contributed by atoms with Gasteiger partial charge in [-0.05, 0) is 31.2 Å². The van der Waals surface area contributed by atoms with E-state index in [1.807, 2.05) is 0 Å². The maximum absolute atomic E-state index is 13.0. The first-order valence-corrected chi connectivity index (χ1v) is 6.75. The molecule has 1 heterocycles. The first-order valence-electron chi connectivity index (χ1n) is 6.00. The second-order valence-electron chi connectivity index (χ2n) is 4.19. The van der Waals surface area contributed by atoms with Crippen molar-refractivity contribution in [3.05, 3.63) is 52.4 Å². The highest BCUT2D eigenvalue weighted by Gasteiger charge is 2.16. The Hall–Kier alpha value is -1.85. The molecule has 7 heteroatoms. The lowest BCUT2D eigenvalue weighted by molar-refractivity contribution is -0.122. The summed E-state index contributed by atoms with van der Waals surface area (Å²) in [5.41, 5.74) is 0. The number of hydrogen-bond acceptors (Lipinski definition) is 3. The number of halogens is 3. The van der Waals surface area contributed by atoms with Crippen LogP contribution in [-0.2, 0) is 4.79 Å². The first kappa shape index (κ1) is 15.5. The lowest BCUT2D eigenvalue weighted by Crippen LogP contribution is -2.30. The van der Waals surface area contributed by atoms with Gasteiger partial charge < -0.3 is 10.1 Å². The highest BCUT2D eigenvalue weighted by molar-refractivity contribution is 6.31. The Morgan fingerprint density at radius 2 is 2.10 bits per heavy atom. The average molecular weight is 329 g/mol. The Labute approximate surface area is 130 Å². The second kappa shape index (κ2) is 6.74. The third kappa shape index (κ3) is 4.31. The van der Waals surface area contributed by atoms with Crippen molar-refractivity contribution in [3.8, 4) is 5.75 Å². The quantitative estimate of drug-likeness (QED) is 0.924. The lowest BCUT2D eigenvalue weighted by atomic mass is 10.3. The average Bonchev–Trinajstić information content (AvgIpc) is 2.45. The van der Waals surface area contributed by atoms with E-state index in [2.05, 4.69) is 10.3 Å². The van der Waals surface area contributed by atoms with E-state index in [4.69, 9.17) is 27.9 Å². The smallest absolute Gasteiger partial charge is 0.266 e. The third-order valence-electron chi connectivity index (χ3n) is 2.55. The van der Waals surface area contributed by atoms with Crippen molar-refractivity contribution in [2.24, 2.45) is 0 Å². The predicted molar refractivity (Wildman–Crippen MR) is 79.4 cm³/mol. The number of nitrogens with one attached hydrogen (secondary N) is 1. The molecule has 0 radical (unpaired) electrons. The standard InChI is InChI=1S/C14H11Cl2FN2O2/c1-8(21-10-3-4-12(17)11(16)6-10)14(20)19-13-5-2-9(15)7-18-13/h2-8H,1H3,(H,18,19,20)/t8-/m1/s1. The van der Waals surface area contributed by atoms with E-state index in [1.165, 1.54) is 24.4 Å². The van der Waals surface area contributed by atoms with Gasteiger partial charge in [-0.3, -0.25) is 4.79 Å². The Kier molecular flexibility index (Phi) is 4.98. The molecule has 0 saturated heterocycles. The van der Waals surface area contributed by atoms with E-state index in [1.54, 1.807) is 19.1 Å². The number of aromatic nitrogens is 1. The largest absolute Gasteiger partial charge is 0.481 e. The number of benzene rings is 1. The first-order chi connectivity index (χ1) is 9.95. The van der Waals surface area contributed by atoms with E-state index in [-0.39, 0.29) is 5.02 Å². The molecule has 2 rings (SSSR count). The minimum Gasteiger partial charge on any atom is -0.481 e. The Morgan fingerprint density at radius 3 is 2.71 bits per heavy atom. The number of carbonyl (C=O) groups is 1. The molecular formula is C14H11Cl2FN2O2. The van der Waals surface area contributed by atoms with Gasteiger partial charge in [-0.1, -0.05) is 23.2 Å². The number of pyridine rings is 1. The van der Waals surface area contributed by atoms with E-state index >= 15 is 0 Å². The molecule has 110 valence electrons. The van der Waals surface area contributed by atoms with Crippen molar-refractivity contribution in [1.82, 2.24) is 4.98 Å². The maximum Gasteiger partial charge on any atom is 0.266 e. The summed E-state index contributed by atoms with van der Waals surface area (Å²) in [6.07, 6.45) is 0.617. The van der Waals surface area contributed by atoms with Crippen molar-refractivity contribution >= 4 is 34.9 Å². The molecule has 0 fully saturated rings. The topological polar surface area (TPSA) is 51.2 Å². The molecule has 0 spiro atoms. The molecule has 0 aliphatic carbocycles. The molecule has 0 saturated carbocycles. The number of anilines is 1. The monoisotopic (exact) mass is 328 g/mol. The van der Waals surface area contributed by atoms with Gasteiger partial charge in [-0.25, -0.2) is 9.37 Å². The molecule has 2 aromatic rings. The summed E-state index contributed by atoms with van der Waals surface area (Å²) in [6.45, 7) is 1.56. The van der Waals surface area contributed by atoms with Gasteiger partial charge >= 0.3 is 0 Å². The van der Waals surface area contributed by atoms with Gasteiger partial charge in [-0.2, -0.15) is 0 Å². The number of rotatable bonds is 4. The fourth-order valence-electron chi connectivity index (χ4n) is 1.49. The molecule has 1 atom stereocenters. The van der Waals surface area contributed by atoms with Crippen LogP contribution in [0, 0.1) is 5.82 Å². The SMILES string of the molecule is C[C@@H](Oc1ccc(F)c(Cl)c1)C(=O)Nc1ccc(Cl)cn1. The van der Waals surface area contributed by atoms with Gasteiger partial charge in [-0.15, -0.1) is 0 Å². The van der Waals surface area contributed by atoms with Gasteiger partial charge in [0.25, 0.3) is 5.91 Å². The van der Waals surface area contributed by atoms with E-state index in [9.17, 15) is 9.18 Å². The molecule has 0 bridgehead atoms. The van der Waals surface area contributed by atoms with E-state index in [0.717, 1.165) is 0 Å². The van der Waals surface area contributed by atoms with Crippen LogP contribution in [-0.4, -0.2) is 17.0 Å². The van der Waals surface area contributed by atoms with Gasteiger partial charge in [0, 0.05) is 12.3 Å². The lowest BCUT2D eigenvalue weighted by Gasteiger charge is -2.14. The molecule has 0 aliphatic heterocycles. The van der Waals surface area contributed by atoms with Crippen molar-refractivity contribution in [2.45, 2.75) is 13.0 Å². The van der Waals surface area contributed by atoms with Crippen molar-refractivity contribution in [1.29, 1.82) is 0 Å². The maximum atomic E-state index is 13.0. The van der Waals surface area contributed by atoms with Crippen LogP contribution in [0.1, 0.15) is 6.92 Å². The van der Waals surface area contributed by atoms with Gasteiger partial charge in [0.05, 0.1) is 10.0 Å². The molecule has 1 aromatic carbocycles. The molecule has 0 unspecified atom stereocenters. The van der Waals surface area contributed by atoms with Crippen molar-refractivity contribution < 1.29 is 13.9 Å². The minimum atomic E-state index is -0.802. The van der Waals surface area contributed by atoms with E-state index < -0.39 is 17.8 Å². The molecular weight excluding hydrogens is 318 g/mol. The zero-order valence-electron chi connectivity index (χ0n) is 10.9. The summed E-state index contributed by atoms with van der Waals surface area (Å²) in [6, 6.07) is 7.05. The van der Waals surface area contributed by atoms with E-state index in [0.29, 0.717) is 16.6 Å².